The van der Waals surface area contributed by atoms with Crippen LogP contribution in [0, 0.1) is 0 Å². The van der Waals surface area contributed by atoms with Gasteiger partial charge in [-0.05, 0) is 24.1 Å². The molecule has 0 heterocycles. The highest BCUT2D eigenvalue weighted by atomic mass is 32.2. The summed E-state index contributed by atoms with van der Waals surface area (Å²) in [6, 6.07) is 6.79. The van der Waals surface area contributed by atoms with E-state index < -0.39 is 11.1 Å². The van der Waals surface area contributed by atoms with Gasteiger partial charge in [0.05, 0.1) is 4.90 Å². The van der Waals surface area contributed by atoms with Crippen molar-refractivity contribution in [2.24, 2.45) is 0 Å². The van der Waals surface area contributed by atoms with Crippen molar-refractivity contribution in [2.45, 2.75) is 18.2 Å². The minimum Gasteiger partial charge on any atom is -0.356 e. The van der Waals surface area contributed by atoms with Gasteiger partial charge >= 0.3 is 0 Å². The van der Waals surface area contributed by atoms with Crippen LogP contribution in [0.2, 0.25) is 0 Å². The largest absolute Gasteiger partial charge is 0.356 e. The molecular weight excluding hydrogens is 214 g/mol. The molecule has 0 fully saturated rings. The smallest absolute Gasteiger partial charge is 0.216 e. The fraction of sp³-hybridized carbons (Fsp3) is 0.300. The molecule has 1 rings (SSSR count). The Bertz CT molecular complexity index is 361. The fourth-order valence-corrected chi connectivity index (χ4v) is 1.52. The number of rotatable bonds is 4. The molecule has 1 atom stereocenters. The average Bonchev–Trinajstić information content (AvgIpc) is 2.18. The van der Waals surface area contributed by atoms with Gasteiger partial charge in [-0.1, -0.05) is 12.1 Å². The maximum atomic E-state index is 10.7. The molecule has 15 heavy (non-hydrogen) atoms. The van der Waals surface area contributed by atoms with Crippen LogP contribution >= 0.6 is 0 Å². The topological polar surface area (TPSA) is 66.4 Å². The van der Waals surface area contributed by atoms with Crippen molar-refractivity contribution in [3.63, 3.8) is 0 Å². The van der Waals surface area contributed by atoms with Crippen molar-refractivity contribution in [2.75, 3.05) is 6.54 Å². The number of hydrogen-bond acceptors (Lipinski definition) is 2. The Hall–Kier alpha value is -1.20. The molecule has 82 valence electrons. The van der Waals surface area contributed by atoms with E-state index in [9.17, 15) is 9.00 Å². The third-order valence-electron chi connectivity index (χ3n) is 1.91. The number of amides is 1. The Morgan fingerprint density at radius 3 is 2.47 bits per heavy atom. The molecule has 1 aromatic rings. The minimum absolute atomic E-state index is 0.0527. The molecule has 0 aliphatic rings. The van der Waals surface area contributed by atoms with E-state index in [1.807, 2.05) is 0 Å². The Balaban J connectivity index is 2.50. The predicted molar refractivity (Wildman–Crippen MR) is 57.9 cm³/mol. The molecule has 0 aromatic heterocycles. The van der Waals surface area contributed by atoms with Crippen molar-refractivity contribution in [3.8, 4) is 0 Å². The van der Waals surface area contributed by atoms with E-state index in [-0.39, 0.29) is 5.91 Å². The molecule has 0 radical (unpaired) electrons. The molecule has 4 nitrogen and oxygen atoms in total. The van der Waals surface area contributed by atoms with E-state index in [0.717, 1.165) is 12.0 Å². The quantitative estimate of drug-likeness (QED) is 0.752. The summed E-state index contributed by atoms with van der Waals surface area (Å²) in [5.41, 5.74) is 1.03. The lowest BCUT2D eigenvalue weighted by Gasteiger charge is -2.02. The summed E-state index contributed by atoms with van der Waals surface area (Å²) in [4.78, 5) is 11.0. The van der Waals surface area contributed by atoms with Gasteiger partial charge in [0.15, 0.2) is 11.1 Å². The molecule has 1 unspecified atom stereocenters. The first-order valence-corrected chi connectivity index (χ1v) is 5.64. The first-order chi connectivity index (χ1) is 7.09. The minimum atomic E-state index is -1.92. The first-order valence-electron chi connectivity index (χ1n) is 4.54. The normalized spacial score (nSPS) is 12.1. The fourth-order valence-electron chi connectivity index (χ4n) is 1.16. The van der Waals surface area contributed by atoms with E-state index in [1.165, 1.54) is 6.92 Å². The zero-order chi connectivity index (χ0) is 11.3. The Morgan fingerprint density at radius 2 is 2.00 bits per heavy atom. The molecule has 5 heteroatoms. The summed E-state index contributed by atoms with van der Waals surface area (Å²) < 4.78 is 19.4. The van der Waals surface area contributed by atoms with E-state index >= 15 is 0 Å². The van der Waals surface area contributed by atoms with Crippen LogP contribution < -0.4 is 5.32 Å². The molecule has 0 aliphatic heterocycles. The Labute approximate surface area is 91.0 Å². The molecule has 1 aromatic carbocycles. The highest BCUT2D eigenvalue weighted by Gasteiger charge is 1.99. The number of hydrogen-bond donors (Lipinski definition) is 2. The van der Waals surface area contributed by atoms with Crippen LogP contribution in [-0.2, 0) is 22.3 Å². The van der Waals surface area contributed by atoms with Gasteiger partial charge < -0.3 is 9.87 Å². The molecule has 2 N–H and O–H groups in total. The summed E-state index contributed by atoms with van der Waals surface area (Å²) in [5.74, 6) is -0.0527. The maximum Gasteiger partial charge on any atom is 0.216 e. The van der Waals surface area contributed by atoms with Gasteiger partial charge in [0, 0.05) is 13.5 Å². The van der Waals surface area contributed by atoms with Gasteiger partial charge in [-0.3, -0.25) is 4.79 Å². The number of carbonyl (C=O) groups is 1. The van der Waals surface area contributed by atoms with Crippen molar-refractivity contribution >= 4 is 17.0 Å². The van der Waals surface area contributed by atoms with E-state index in [1.54, 1.807) is 24.3 Å². The highest BCUT2D eigenvalue weighted by Crippen LogP contribution is 2.07. The van der Waals surface area contributed by atoms with E-state index in [0.29, 0.717) is 11.4 Å². The third-order valence-corrected chi connectivity index (χ3v) is 2.59. The summed E-state index contributed by atoms with van der Waals surface area (Å²) in [7, 11) is 0. The van der Waals surface area contributed by atoms with Crippen LogP contribution in [-0.4, -0.2) is 21.2 Å². The number of benzene rings is 1. The number of nitrogens with one attached hydrogen (secondary N) is 1. The molecule has 0 saturated carbocycles. The molecular formula is C10H13NO3S. The average molecular weight is 227 g/mol. The SMILES string of the molecule is CC(=O)NCCc1ccc(S(=O)O)cc1. The van der Waals surface area contributed by atoms with Crippen molar-refractivity contribution < 1.29 is 13.6 Å². The molecule has 0 spiro atoms. The first kappa shape index (κ1) is 11.9. The maximum absolute atomic E-state index is 10.7. The van der Waals surface area contributed by atoms with Crippen LogP contribution in [0.4, 0.5) is 0 Å². The van der Waals surface area contributed by atoms with Crippen LogP contribution in [0.5, 0.6) is 0 Å². The van der Waals surface area contributed by atoms with Crippen LogP contribution in [0.25, 0.3) is 0 Å². The van der Waals surface area contributed by atoms with Gasteiger partial charge in [-0.15, -0.1) is 0 Å². The van der Waals surface area contributed by atoms with Crippen molar-refractivity contribution in [1.29, 1.82) is 0 Å². The number of carbonyl (C=O) groups excluding carboxylic acids is 1. The van der Waals surface area contributed by atoms with Crippen molar-refractivity contribution in [3.05, 3.63) is 29.8 Å². The monoisotopic (exact) mass is 227 g/mol. The van der Waals surface area contributed by atoms with Gasteiger partial charge in [0.1, 0.15) is 0 Å². The van der Waals surface area contributed by atoms with E-state index in [2.05, 4.69) is 5.32 Å². The van der Waals surface area contributed by atoms with Gasteiger partial charge in [-0.2, -0.15) is 0 Å². The molecule has 0 aliphatic carbocycles. The predicted octanol–water partition coefficient (Wildman–Crippen LogP) is 0.946. The second-order valence-corrected chi connectivity index (χ2v) is 4.10. The third kappa shape index (κ3) is 4.22. The van der Waals surface area contributed by atoms with Gasteiger partial charge in [0.2, 0.25) is 5.91 Å². The van der Waals surface area contributed by atoms with Gasteiger partial charge in [-0.25, -0.2) is 4.21 Å². The molecule has 0 bridgehead atoms. The van der Waals surface area contributed by atoms with Crippen LogP contribution in [0.3, 0.4) is 0 Å². The van der Waals surface area contributed by atoms with E-state index in [4.69, 9.17) is 4.55 Å². The zero-order valence-electron chi connectivity index (χ0n) is 8.40. The zero-order valence-corrected chi connectivity index (χ0v) is 9.21. The highest BCUT2D eigenvalue weighted by molar-refractivity contribution is 7.79. The lowest BCUT2D eigenvalue weighted by atomic mass is 10.1. The Morgan fingerprint density at radius 1 is 1.40 bits per heavy atom. The lowest BCUT2D eigenvalue weighted by molar-refractivity contribution is -0.118. The summed E-state index contributed by atoms with van der Waals surface area (Å²) in [6.45, 7) is 2.05. The molecule has 1 amide bonds. The summed E-state index contributed by atoms with van der Waals surface area (Å²) in [6.07, 6.45) is 0.720. The van der Waals surface area contributed by atoms with Crippen LogP contribution in [0.1, 0.15) is 12.5 Å². The Kier molecular flexibility index (Phi) is 4.45. The second kappa shape index (κ2) is 5.63. The summed E-state index contributed by atoms with van der Waals surface area (Å²) >= 11 is -1.92. The molecule has 0 saturated heterocycles. The summed E-state index contributed by atoms with van der Waals surface area (Å²) in [5, 5.41) is 2.68. The standard InChI is InChI=1S/C10H13NO3S/c1-8(12)11-7-6-9-2-4-10(5-3-9)15(13)14/h2-5H,6-7H2,1H3,(H,11,12)(H,13,14). The van der Waals surface area contributed by atoms with Crippen LogP contribution in [0.15, 0.2) is 29.2 Å². The van der Waals surface area contributed by atoms with Crippen molar-refractivity contribution in [1.82, 2.24) is 5.32 Å². The lowest BCUT2D eigenvalue weighted by Crippen LogP contribution is -2.22. The second-order valence-electron chi connectivity index (χ2n) is 3.13. The van der Waals surface area contributed by atoms with Gasteiger partial charge in [0.25, 0.3) is 0 Å².